The third kappa shape index (κ3) is 5.76. The highest BCUT2D eigenvalue weighted by Crippen LogP contribution is 2.23. The summed E-state index contributed by atoms with van der Waals surface area (Å²) in [5.41, 5.74) is 2.09. The van der Waals surface area contributed by atoms with Crippen molar-refractivity contribution in [3.8, 4) is 5.75 Å². The lowest BCUT2D eigenvalue weighted by molar-refractivity contribution is -0.0460. The zero-order valence-electron chi connectivity index (χ0n) is 16.0. The maximum atomic E-state index is 13.4. The number of halogens is 1. The first kappa shape index (κ1) is 19.8. The summed E-state index contributed by atoms with van der Waals surface area (Å²) in [4.78, 5) is 2.13. The minimum atomic E-state index is -0.596. The van der Waals surface area contributed by atoms with E-state index < -0.39 is 6.10 Å². The van der Waals surface area contributed by atoms with Gasteiger partial charge in [-0.05, 0) is 41.3 Å². The monoisotopic (exact) mass is 373 g/mol. The zero-order chi connectivity index (χ0) is 19.2. The Morgan fingerprint density at radius 1 is 1.22 bits per heavy atom. The fraction of sp³-hybridized carbons (Fsp3) is 0.455. The van der Waals surface area contributed by atoms with E-state index in [1.807, 2.05) is 18.2 Å². The standard InChI is InChI=1S/C22H28FNO3/c1-16(2)17-6-8-21(9-7-17)27-15-20(25)13-24-10-11-26-22(14-24)18-4-3-5-19(23)12-18/h3-9,12,16,20,22,25H,10-11,13-15H2,1-2H3. The average Bonchev–Trinajstić information content (AvgIpc) is 2.67. The molecule has 0 aliphatic carbocycles. The second kappa shape index (κ2) is 9.31. The predicted octanol–water partition coefficient (Wildman–Crippen LogP) is 3.76. The molecular formula is C22H28FNO3. The molecule has 1 N–H and O–H groups in total. The van der Waals surface area contributed by atoms with Crippen LogP contribution >= 0.6 is 0 Å². The van der Waals surface area contributed by atoms with Crippen molar-refractivity contribution >= 4 is 0 Å². The summed E-state index contributed by atoms with van der Waals surface area (Å²) in [6.45, 7) is 6.97. The lowest BCUT2D eigenvalue weighted by atomic mass is 10.0. The molecule has 2 aromatic rings. The molecule has 1 saturated heterocycles. The topological polar surface area (TPSA) is 41.9 Å². The van der Waals surface area contributed by atoms with E-state index in [1.54, 1.807) is 6.07 Å². The molecule has 27 heavy (non-hydrogen) atoms. The van der Waals surface area contributed by atoms with E-state index in [0.717, 1.165) is 17.9 Å². The summed E-state index contributed by atoms with van der Waals surface area (Å²) >= 11 is 0. The summed E-state index contributed by atoms with van der Waals surface area (Å²) in [6.07, 6.45) is -0.771. The minimum absolute atomic E-state index is 0.175. The number of β-amino-alcohol motifs (C(OH)–C–C–N with tert-alkyl or cyclic N) is 1. The first-order valence-electron chi connectivity index (χ1n) is 9.51. The van der Waals surface area contributed by atoms with Crippen LogP contribution in [-0.2, 0) is 4.74 Å². The number of aliphatic hydroxyl groups is 1. The Morgan fingerprint density at radius 3 is 2.70 bits per heavy atom. The van der Waals surface area contributed by atoms with E-state index in [-0.39, 0.29) is 18.5 Å². The molecule has 1 fully saturated rings. The van der Waals surface area contributed by atoms with Gasteiger partial charge in [-0.15, -0.1) is 0 Å². The number of hydrogen-bond acceptors (Lipinski definition) is 4. The number of morpholine rings is 1. The third-order valence-electron chi connectivity index (χ3n) is 4.83. The Hall–Kier alpha value is -1.95. The molecule has 0 spiro atoms. The van der Waals surface area contributed by atoms with Crippen LogP contribution < -0.4 is 4.74 Å². The summed E-state index contributed by atoms with van der Waals surface area (Å²) in [5.74, 6) is 0.986. The highest BCUT2D eigenvalue weighted by Gasteiger charge is 2.24. The van der Waals surface area contributed by atoms with Crippen molar-refractivity contribution in [2.75, 3.05) is 32.8 Å². The molecule has 1 aliphatic heterocycles. The van der Waals surface area contributed by atoms with E-state index in [9.17, 15) is 9.50 Å². The van der Waals surface area contributed by atoms with Gasteiger partial charge in [0.1, 0.15) is 24.3 Å². The van der Waals surface area contributed by atoms with Gasteiger partial charge in [0.05, 0.1) is 12.7 Å². The van der Waals surface area contributed by atoms with E-state index in [2.05, 4.69) is 30.9 Å². The maximum absolute atomic E-state index is 13.4. The fourth-order valence-corrected chi connectivity index (χ4v) is 3.27. The lowest BCUT2D eigenvalue weighted by Crippen LogP contribution is -2.43. The first-order chi connectivity index (χ1) is 13.0. The highest BCUT2D eigenvalue weighted by molar-refractivity contribution is 5.28. The van der Waals surface area contributed by atoms with Crippen molar-refractivity contribution in [2.24, 2.45) is 0 Å². The largest absolute Gasteiger partial charge is 0.491 e. The van der Waals surface area contributed by atoms with Crippen molar-refractivity contribution in [3.05, 3.63) is 65.5 Å². The van der Waals surface area contributed by atoms with Crippen molar-refractivity contribution in [2.45, 2.75) is 32.0 Å². The summed E-state index contributed by atoms with van der Waals surface area (Å²) < 4.78 is 24.9. The van der Waals surface area contributed by atoms with Gasteiger partial charge in [0.2, 0.25) is 0 Å². The number of nitrogens with zero attached hydrogens (tertiary/aromatic N) is 1. The van der Waals surface area contributed by atoms with Crippen LogP contribution in [0.25, 0.3) is 0 Å². The lowest BCUT2D eigenvalue weighted by Gasteiger charge is -2.34. The molecule has 4 nitrogen and oxygen atoms in total. The molecule has 0 bridgehead atoms. The second-order valence-electron chi connectivity index (χ2n) is 7.36. The normalized spacial score (nSPS) is 19.2. The number of ether oxygens (including phenoxy) is 2. The molecule has 0 aromatic heterocycles. The van der Waals surface area contributed by atoms with Crippen molar-refractivity contribution in [1.82, 2.24) is 4.90 Å². The smallest absolute Gasteiger partial charge is 0.123 e. The van der Waals surface area contributed by atoms with Crippen LogP contribution in [0.1, 0.15) is 37.0 Å². The first-order valence-corrected chi connectivity index (χ1v) is 9.51. The third-order valence-corrected chi connectivity index (χ3v) is 4.83. The van der Waals surface area contributed by atoms with Crippen molar-refractivity contribution < 1.29 is 19.0 Å². The predicted molar refractivity (Wildman–Crippen MR) is 104 cm³/mol. The Morgan fingerprint density at radius 2 is 2.00 bits per heavy atom. The molecule has 0 amide bonds. The Labute approximate surface area is 160 Å². The molecule has 146 valence electrons. The molecule has 1 aliphatic rings. The van der Waals surface area contributed by atoms with Gasteiger partial charge in [0.25, 0.3) is 0 Å². The zero-order valence-corrected chi connectivity index (χ0v) is 16.0. The SMILES string of the molecule is CC(C)c1ccc(OCC(O)CN2CCOC(c3cccc(F)c3)C2)cc1. The van der Waals surface area contributed by atoms with E-state index in [1.165, 1.54) is 17.7 Å². The fourth-order valence-electron chi connectivity index (χ4n) is 3.27. The van der Waals surface area contributed by atoms with Gasteiger partial charge in [-0.25, -0.2) is 4.39 Å². The van der Waals surface area contributed by atoms with Crippen LogP contribution in [-0.4, -0.2) is 49.0 Å². The van der Waals surface area contributed by atoms with E-state index >= 15 is 0 Å². The molecule has 3 rings (SSSR count). The summed E-state index contributed by atoms with van der Waals surface area (Å²) in [7, 11) is 0. The number of benzene rings is 2. The Bertz CT molecular complexity index is 720. The van der Waals surface area contributed by atoms with Gasteiger partial charge < -0.3 is 14.6 Å². The van der Waals surface area contributed by atoms with Crippen LogP contribution in [0.15, 0.2) is 48.5 Å². The molecule has 1 heterocycles. The molecule has 2 unspecified atom stereocenters. The van der Waals surface area contributed by atoms with Crippen molar-refractivity contribution in [1.29, 1.82) is 0 Å². The second-order valence-corrected chi connectivity index (χ2v) is 7.36. The molecule has 0 radical (unpaired) electrons. The Balaban J connectivity index is 1.47. The quantitative estimate of drug-likeness (QED) is 0.802. The van der Waals surface area contributed by atoms with Crippen LogP contribution in [0.4, 0.5) is 4.39 Å². The van der Waals surface area contributed by atoms with Gasteiger partial charge in [0, 0.05) is 19.6 Å². The van der Waals surface area contributed by atoms with Gasteiger partial charge in [-0.1, -0.05) is 38.1 Å². The van der Waals surface area contributed by atoms with Gasteiger partial charge >= 0.3 is 0 Å². The van der Waals surface area contributed by atoms with Crippen molar-refractivity contribution in [3.63, 3.8) is 0 Å². The molecule has 2 atom stereocenters. The molecular weight excluding hydrogens is 345 g/mol. The average molecular weight is 373 g/mol. The van der Waals surface area contributed by atoms with E-state index in [4.69, 9.17) is 9.47 Å². The van der Waals surface area contributed by atoms with Gasteiger partial charge in [-0.3, -0.25) is 4.90 Å². The number of aliphatic hydroxyl groups excluding tert-OH is 1. The molecule has 5 heteroatoms. The van der Waals surface area contributed by atoms with Crippen LogP contribution in [0.2, 0.25) is 0 Å². The minimum Gasteiger partial charge on any atom is -0.491 e. The van der Waals surface area contributed by atoms with Gasteiger partial charge in [0.15, 0.2) is 0 Å². The number of rotatable bonds is 7. The van der Waals surface area contributed by atoms with Crippen LogP contribution in [0, 0.1) is 5.82 Å². The van der Waals surface area contributed by atoms with Gasteiger partial charge in [-0.2, -0.15) is 0 Å². The van der Waals surface area contributed by atoms with Crippen LogP contribution in [0.5, 0.6) is 5.75 Å². The number of hydrogen-bond donors (Lipinski definition) is 1. The summed E-state index contributed by atoms with van der Waals surface area (Å²) in [6, 6.07) is 14.5. The maximum Gasteiger partial charge on any atom is 0.123 e. The Kier molecular flexibility index (Phi) is 6.83. The molecule has 2 aromatic carbocycles. The van der Waals surface area contributed by atoms with E-state index in [0.29, 0.717) is 25.6 Å². The summed E-state index contributed by atoms with van der Waals surface area (Å²) in [5, 5.41) is 10.3. The molecule has 0 saturated carbocycles. The highest BCUT2D eigenvalue weighted by atomic mass is 19.1. The van der Waals surface area contributed by atoms with Crippen LogP contribution in [0.3, 0.4) is 0 Å².